The van der Waals surface area contributed by atoms with Gasteiger partial charge in [-0.1, -0.05) is 6.07 Å². The van der Waals surface area contributed by atoms with E-state index in [1.807, 2.05) is 6.92 Å². The smallest absolute Gasteiger partial charge is 0.305 e. The second kappa shape index (κ2) is 5.11. The Morgan fingerprint density at radius 2 is 2.25 bits per heavy atom. The lowest BCUT2D eigenvalue weighted by Gasteiger charge is -2.06. The average molecular weight is 224 g/mol. The van der Waals surface area contributed by atoms with E-state index in [1.165, 1.54) is 6.07 Å². The molecule has 0 bridgehead atoms. The molecule has 0 radical (unpaired) electrons. The van der Waals surface area contributed by atoms with E-state index >= 15 is 0 Å². The van der Waals surface area contributed by atoms with Crippen molar-refractivity contribution < 1.29 is 14.8 Å². The third kappa shape index (κ3) is 3.23. The normalized spacial score (nSPS) is 9.81. The summed E-state index contributed by atoms with van der Waals surface area (Å²) < 4.78 is 0. The molecule has 1 aromatic rings. The topological polar surface area (TPSA) is 92.5 Å². The lowest BCUT2D eigenvalue weighted by Crippen LogP contribution is -2.09. The highest BCUT2D eigenvalue weighted by atomic mass is 16.6. The monoisotopic (exact) mass is 224 g/mol. The summed E-state index contributed by atoms with van der Waals surface area (Å²) in [4.78, 5) is 20.5. The lowest BCUT2D eigenvalue weighted by atomic mass is 10.2. The molecule has 1 aromatic carbocycles. The zero-order valence-electron chi connectivity index (χ0n) is 8.77. The van der Waals surface area contributed by atoms with E-state index in [4.69, 9.17) is 5.11 Å². The molecule has 0 fully saturated rings. The van der Waals surface area contributed by atoms with Crippen molar-refractivity contribution >= 4 is 17.3 Å². The number of nitrogens with one attached hydrogen (secondary N) is 1. The second-order valence-corrected chi connectivity index (χ2v) is 3.35. The maximum absolute atomic E-state index is 10.7. The summed E-state index contributed by atoms with van der Waals surface area (Å²) >= 11 is 0. The Labute approximate surface area is 92.0 Å². The van der Waals surface area contributed by atoms with Crippen LogP contribution in [-0.2, 0) is 4.79 Å². The van der Waals surface area contributed by atoms with Gasteiger partial charge in [0.05, 0.1) is 11.3 Å². The summed E-state index contributed by atoms with van der Waals surface area (Å²) in [6, 6.07) is 4.67. The first-order chi connectivity index (χ1) is 7.50. The molecular weight excluding hydrogens is 212 g/mol. The lowest BCUT2D eigenvalue weighted by molar-refractivity contribution is -0.384. The van der Waals surface area contributed by atoms with Crippen LogP contribution < -0.4 is 5.32 Å². The number of benzene rings is 1. The molecule has 0 aliphatic carbocycles. The van der Waals surface area contributed by atoms with Gasteiger partial charge in [-0.25, -0.2) is 0 Å². The van der Waals surface area contributed by atoms with Gasteiger partial charge in [-0.05, 0) is 18.6 Å². The zero-order valence-corrected chi connectivity index (χ0v) is 8.77. The molecule has 0 spiro atoms. The molecule has 2 N–H and O–H groups in total. The van der Waals surface area contributed by atoms with Crippen LogP contribution in [0.15, 0.2) is 18.2 Å². The molecule has 0 aromatic heterocycles. The third-order valence-corrected chi connectivity index (χ3v) is 2.00. The van der Waals surface area contributed by atoms with E-state index in [0.717, 1.165) is 5.56 Å². The van der Waals surface area contributed by atoms with Crippen LogP contribution in [0, 0.1) is 17.0 Å². The van der Waals surface area contributed by atoms with Crippen molar-refractivity contribution in [1.29, 1.82) is 0 Å². The first kappa shape index (κ1) is 12.0. The Kier molecular flexibility index (Phi) is 3.82. The summed E-state index contributed by atoms with van der Waals surface area (Å²) in [5, 5.41) is 21.9. The first-order valence-corrected chi connectivity index (χ1v) is 4.71. The highest BCUT2D eigenvalue weighted by Gasteiger charge is 2.12. The molecule has 0 heterocycles. The number of nitro benzene ring substituents is 1. The fourth-order valence-electron chi connectivity index (χ4n) is 1.25. The maximum Gasteiger partial charge on any atom is 0.305 e. The minimum absolute atomic E-state index is 0.0454. The van der Waals surface area contributed by atoms with Gasteiger partial charge >= 0.3 is 5.97 Å². The predicted molar refractivity (Wildman–Crippen MR) is 58.6 cm³/mol. The molecule has 86 valence electrons. The van der Waals surface area contributed by atoms with E-state index in [1.54, 1.807) is 12.1 Å². The molecular formula is C10H12N2O4. The fourth-order valence-corrected chi connectivity index (χ4v) is 1.25. The van der Waals surface area contributed by atoms with Gasteiger partial charge in [0.1, 0.15) is 5.69 Å². The number of aryl methyl sites for hydroxylation is 1. The third-order valence-electron chi connectivity index (χ3n) is 2.00. The molecule has 0 amide bonds. The Hall–Kier alpha value is -2.11. The van der Waals surface area contributed by atoms with E-state index in [0.29, 0.717) is 5.69 Å². The van der Waals surface area contributed by atoms with Crippen molar-refractivity contribution in [2.45, 2.75) is 13.3 Å². The van der Waals surface area contributed by atoms with Crippen LogP contribution >= 0.6 is 0 Å². The van der Waals surface area contributed by atoms with Crippen molar-refractivity contribution in [3.63, 3.8) is 0 Å². The quantitative estimate of drug-likeness (QED) is 0.587. The fraction of sp³-hybridized carbons (Fsp3) is 0.300. The number of anilines is 1. The Bertz CT molecular complexity index is 417. The number of nitrogens with zero attached hydrogens (tertiary/aromatic N) is 1. The molecule has 0 saturated carbocycles. The van der Waals surface area contributed by atoms with Crippen molar-refractivity contribution in [2.24, 2.45) is 0 Å². The molecule has 0 unspecified atom stereocenters. The van der Waals surface area contributed by atoms with Gasteiger partial charge in [-0.15, -0.1) is 0 Å². The number of hydrogen-bond acceptors (Lipinski definition) is 4. The summed E-state index contributed by atoms with van der Waals surface area (Å²) in [6.45, 7) is 1.98. The van der Waals surface area contributed by atoms with Gasteiger partial charge in [-0.2, -0.15) is 0 Å². The Morgan fingerprint density at radius 1 is 1.56 bits per heavy atom. The first-order valence-electron chi connectivity index (χ1n) is 4.71. The number of carbonyl (C=O) groups is 1. The molecule has 0 atom stereocenters. The van der Waals surface area contributed by atoms with Crippen molar-refractivity contribution in [1.82, 2.24) is 0 Å². The summed E-state index contributed by atoms with van der Waals surface area (Å²) in [5.41, 5.74) is 1.19. The Morgan fingerprint density at radius 3 is 2.81 bits per heavy atom. The maximum atomic E-state index is 10.7. The van der Waals surface area contributed by atoms with Crippen LogP contribution in [0.5, 0.6) is 0 Å². The minimum atomic E-state index is -0.942. The number of aliphatic carboxylic acids is 1. The number of rotatable bonds is 5. The van der Waals surface area contributed by atoms with Gasteiger partial charge in [0.25, 0.3) is 5.69 Å². The van der Waals surface area contributed by atoms with Crippen molar-refractivity contribution in [3.05, 3.63) is 33.9 Å². The number of hydrogen-bond donors (Lipinski definition) is 2. The van der Waals surface area contributed by atoms with Gasteiger partial charge < -0.3 is 10.4 Å². The summed E-state index contributed by atoms with van der Waals surface area (Å²) in [7, 11) is 0. The van der Waals surface area contributed by atoms with Crippen LogP contribution in [0.2, 0.25) is 0 Å². The van der Waals surface area contributed by atoms with E-state index < -0.39 is 10.9 Å². The average Bonchev–Trinajstić information content (AvgIpc) is 2.16. The van der Waals surface area contributed by atoms with Crippen LogP contribution in [0.1, 0.15) is 12.0 Å². The SMILES string of the molecule is Cc1ccc([N+](=O)[O-])c(NCCC(=O)O)c1. The van der Waals surface area contributed by atoms with Gasteiger partial charge in [0.15, 0.2) is 0 Å². The second-order valence-electron chi connectivity index (χ2n) is 3.35. The summed E-state index contributed by atoms with van der Waals surface area (Å²) in [6.07, 6.45) is -0.0783. The number of carboxylic acids is 1. The van der Waals surface area contributed by atoms with Crippen LogP contribution in [0.4, 0.5) is 11.4 Å². The zero-order chi connectivity index (χ0) is 12.1. The molecule has 0 aliphatic heterocycles. The van der Waals surface area contributed by atoms with Crippen LogP contribution in [-0.4, -0.2) is 22.5 Å². The highest BCUT2D eigenvalue weighted by molar-refractivity contribution is 5.68. The molecule has 16 heavy (non-hydrogen) atoms. The van der Waals surface area contributed by atoms with Crippen molar-refractivity contribution in [2.75, 3.05) is 11.9 Å². The standard InChI is InChI=1S/C10H12N2O4/c1-7-2-3-9(12(15)16)8(6-7)11-5-4-10(13)14/h2-3,6,11H,4-5H2,1H3,(H,13,14). The van der Waals surface area contributed by atoms with Gasteiger partial charge in [0.2, 0.25) is 0 Å². The predicted octanol–water partition coefficient (Wildman–Crippen LogP) is 1.79. The molecule has 0 aliphatic rings. The van der Waals surface area contributed by atoms with Gasteiger partial charge in [-0.3, -0.25) is 14.9 Å². The molecule has 6 heteroatoms. The van der Waals surface area contributed by atoms with Crippen molar-refractivity contribution in [3.8, 4) is 0 Å². The number of carboxylic acid groups (broad SMARTS) is 1. The largest absolute Gasteiger partial charge is 0.481 e. The molecule has 0 saturated heterocycles. The Balaban J connectivity index is 2.80. The summed E-state index contributed by atoms with van der Waals surface area (Å²) in [5.74, 6) is -0.942. The minimum Gasteiger partial charge on any atom is -0.481 e. The highest BCUT2D eigenvalue weighted by Crippen LogP contribution is 2.24. The van der Waals surface area contributed by atoms with Crippen LogP contribution in [0.25, 0.3) is 0 Å². The van der Waals surface area contributed by atoms with E-state index in [9.17, 15) is 14.9 Å². The van der Waals surface area contributed by atoms with Crippen LogP contribution in [0.3, 0.4) is 0 Å². The van der Waals surface area contributed by atoms with E-state index in [2.05, 4.69) is 5.32 Å². The molecule has 6 nitrogen and oxygen atoms in total. The van der Waals surface area contributed by atoms with Gasteiger partial charge in [0, 0.05) is 12.6 Å². The number of nitro groups is 1. The van der Waals surface area contributed by atoms with E-state index in [-0.39, 0.29) is 18.7 Å². The molecule has 1 rings (SSSR count).